The van der Waals surface area contributed by atoms with Crippen molar-refractivity contribution in [2.45, 2.75) is 19.3 Å². The Kier molecular flexibility index (Phi) is 9.35. The molecule has 0 unspecified atom stereocenters. The Morgan fingerprint density at radius 3 is 2.14 bits per heavy atom. The molecule has 0 aromatic heterocycles. The summed E-state index contributed by atoms with van der Waals surface area (Å²) in [5.74, 6) is 0. The molecule has 0 spiro atoms. The molecule has 0 rings (SSSR count). The van der Waals surface area contributed by atoms with Crippen LogP contribution in [0.3, 0.4) is 0 Å². The van der Waals surface area contributed by atoms with Crippen LogP contribution in [-0.4, -0.2) is 64.2 Å². The van der Waals surface area contributed by atoms with Crippen LogP contribution in [0.4, 0.5) is 0 Å². The molecule has 0 aromatic carbocycles. The maximum Gasteiger partial charge on any atom is 0.0106 e. The van der Waals surface area contributed by atoms with Crippen molar-refractivity contribution in [2.75, 3.05) is 54.4 Å². The number of hydrogen-bond acceptors (Lipinski definition) is 3. The van der Waals surface area contributed by atoms with E-state index in [1.807, 2.05) is 7.05 Å². The quantitative estimate of drug-likeness (QED) is 0.559. The molecular formula is C11H27N3. The average Bonchev–Trinajstić information content (AvgIpc) is 2.14. The lowest BCUT2D eigenvalue weighted by molar-refractivity contribution is 0.277. The summed E-state index contributed by atoms with van der Waals surface area (Å²) < 4.78 is 0. The number of likely N-dealkylation sites (N-methyl/N-ethyl adjacent to an activating group) is 2. The monoisotopic (exact) mass is 201 g/mol. The van der Waals surface area contributed by atoms with Gasteiger partial charge in [0.2, 0.25) is 0 Å². The lowest BCUT2D eigenvalue weighted by Gasteiger charge is -2.18. The van der Waals surface area contributed by atoms with E-state index in [-0.39, 0.29) is 0 Å². The largest absolute Gasteiger partial charge is 0.320 e. The Balaban J connectivity index is 3.14. The fraction of sp³-hybridized carbons (Fsp3) is 1.00. The van der Waals surface area contributed by atoms with Crippen LogP contribution < -0.4 is 5.32 Å². The van der Waals surface area contributed by atoms with Gasteiger partial charge in [-0.3, -0.25) is 0 Å². The first kappa shape index (κ1) is 13.9. The van der Waals surface area contributed by atoms with Gasteiger partial charge in [0.25, 0.3) is 0 Å². The van der Waals surface area contributed by atoms with E-state index in [1.165, 1.54) is 32.4 Å². The molecule has 86 valence electrons. The molecule has 0 bridgehead atoms. The van der Waals surface area contributed by atoms with Crippen molar-refractivity contribution in [2.24, 2.45) is 0 Å². The summed E-state index contributed by atoms with van der Waals surface area (Å²) in [5.41, 5.74) is 0. The highest BCUT2D eigenvalue weighted by Gasteiger charge is 1.98. The Morgan fingerprint density at radius 2 is 1.57 bits per heavy atom. The molecule has 0 radical (unpaired) electrons. The van der Waals surface area contributed by atoms with Gasteiger partial charge in [0.15, 0.2) is 0 Å². The van der Waals surface area contributed by atoms with Crippen LogP contribution in [0, 0.1) is 0 Å². The van der Waals surface area contributed by atoms with Gasteiger partial charge in [-0.05, 0) is 54.1 Å². The van der Waals surface area contributed by atoms with E-state index >= 15 is 0 Å². The van der Waals surface area contributed by atoms with Crippen molar-refractivity contribution < 1.29 is 0 Å². The highest BCUT2D eigenvalue weighted by molar-refractivity contribution is 4.55. The summed E-state index contributed by atoms with van der Waals surface area (Å²) in [5, 5.41) is 3.18. The zero-order valence-corrected chi connectivity index (χ0v) is 10.3. The molecule has 0 amide bonds. The number of unbranched alkanes of at least 4 members (excludes halogenated alkanes) is 2. The SMILES string of the molecule is CNCCCCCN(C)CCN(C)C. The van der Waals surface area contributed by atoms with Crippen molar-refractivity contribution in [1.29, 1.82) is 0 Å². The standard InChI is InChI=1S/C11H27N3/c1-12-8-6-5-7-9-14(4)11-10-13(2)3/h12H,5-11H2,1-4H3. The predicted molar refractivity (Wildman–Crippen MR) is 63.8 cm³/mol. The second-order valence-corrected chi connectivity index (χ2v) is 4.27. The average molecular weight is 201 g/mol. The molecule has 0 aromatic rings. The molecule has 14 heavy (non-hydrogen) atoms. The van der Waals surface area contributed by atoms with E-state index in [9.17, 15) is 0 Å². The molecule has 0 aliphatic heterocycles. The van der Waals surface area contributed by atoms with Gasteiger partial charge in [0, 0.05) is 13.1 Å². The van der Waals surface area contributed by atoms with Gasteiger partial charge in [0.05, 0.1) is 0 Å². The minimum atomic E-state index is 1.15. The molecule has 0 atom stereocenters. The van der Waals surface area contributed by atoms with Gasteiger partial charge < -0.3 is 15.1 Å². The van der Waals surface area contributed by atoms with E-state index in [4.69, 9.17) is 0 Å². The summed E-state index contributed by atoms with van der Waals surface area (Å²) in [4.78, 5) is 4.65. The molecule has 1 N–H and O–H groups in total. The lowest BCUT2D eigenvalue weighted by atomic mass is 10.2. The summed E-state index contributed by atoms with van der Waals surface area (Å²) in [7, 11) is 8.48. The highest BCUT2D eigenvalue weighted by Crippen LogP contribution is 1.96. The van der Waals surface area contributed by atoms with Gasteiger partial charge in [-0.1, -0.05) is 6.42 Å². The van der Waals surface area contributed by atoms with E-state index in [0.29, 0.717) is 0 Å². The molecule has 0 aliphatic carbocycles. The molecular weight excluding hydrogens is 174 g/mol. The fourth-order valence-electron chi connectivity index (χ4n) is 1.34. The van der Waals surface area contributed by atoms with Crippen molar-refractivity contribution in [3.8, 4) is 0 Å². The third-order valence-corrected chi connectivity index (χ3v) is 2.40. The van der Waals surface area contributed by atoms with Crippen molar-refractivity contribution >= 4 is 0 Å². The zero-order valence-electron chi connectivity index (χ0n) is 10.3. The van der Waals surface area contributed by atoms with Gasteiger partial charge in [-0.2, -0.15) is 0 Å². The first-order valence-corrected chi connectivity index (χ1v) is 5.64. The third kappa shape index (κ3) is 9.96. The normalized spacial score (nSPS) is 11.6. The van der Waals surface area contributed by atoms with Crippen molar-refractivity contribution in [3.05, 3.63) is 0 Å². The number of nitrogens with zero attached hydrogens (tertiary/aromatic N) is 2. The van der Waals surface area contributed by atoms with Gasteiger partial charge in [0.1, 0.15) is 0 Å². The second kappa shape index (κ2) is 9.44. The van der Waals surface area contributed by atoms with Gasteiger partial charge in [-0.15, -0.1) is 0 Å². The number of hydrogen-bond donors (Lipinski definition) is 1. The van der Waals surface area contributed by atoms with Crippen LogP contribution in [0.25, 0.3) is 0 Å². The Morgan fingerprint density at radius 1 is 0.857 bits per heavy atom. The van der Waals surface area contributed by atoms with E-state index in [1.54, 1.807) is 0 Å². The van der Waals surface area contributed by atoms with Crippen LogP contribution in [0.2, 0.25) is 0 Å². The van der Waals surface area contributed by atoms with Crippen LogP contribution in [0.5, 0.6) is 0 Å². The van der Waals surface area contributed by atoms with Gasteiger partial charge in [-0.25, -0.2) is 0 Å². The van der Waals surface area contributed by atoms with E-state index in [2.05, 4.69) is 36.3 Å². The molecule has 0 fully saturated rings. The predicted octanol–water partition coefficient (Wildman–Crippen LogP) is 0.870. The lowest BCUT2D eigenvalue weighted by Crippen LogP contribution is -2.29. The smallest absolute Gasteiger partial charge is 0.0106 e. The first-order chi connectivity index (χ1) is 6.66. The van der Waals surface area contributed by atoms with Crippen molar-refractivity contribution in [3.63, 3.8) is 0 Å². The Labute approximate surface area is 89.5 Å². The van der Waals surface area contributed by atoms with Crippen LogP contribution in [0.15, 0.2) is 0 Å². The molecule has 0 saturated carbocycles. The zero-order chi connectivity index (χ0) is 10.8. The van der Waals surface area contributed by atoms with Crippen LogP contribution in [-0.2, 0) is 0 Å². The molecule has 0 aliphatic rings. The fourth-order valence-corrected chi connectivity index (χ4v) is 1.34. The highest BCUT2D eigenvalue weighted by atomic mass is 15.1. The second-order valence-electron chi connectivity index (χ2n) is 4.27. The maximum absolute atomic E-state index is 3.18. The molecule has 0 heterocycles. The third-order valence-electron chi connectivity index (χ3n) is 2.40. The summed E-state index contributed by atoms with van der Waals surface area (Å²) >= 11 is 0. The molecule has 3 heteroatoms. The molecule has 3 nitrogen and oxygen atoms in total. The van der Waals surface area contributed by atoms with E-state index in [0.717, 1.165) is 13.1 Å². The Hall–Kier alpha value is -0.120. The summed E-state index contributed by atoms with van der Waals surface area (Å²) in [6.45, 7) is 4.73. The van der Waals surface area contributed by atoms with E-state index < -0.39 is 0 Å². The number of nitrogens with one attached hydrogen (secondary N) is 1. The minimum absolute atomic E-state index is 1.15. The number of rotatable bonds is 9. The first-order valence-electron chi connectivity index (χ1n) is 5.64. The maximum atomic E-state index is 3.18. The van der Waals surface area contributed by atoms with Crippen molar-refractivity contribution in [1.82, 2.24) is 15.1 Å². The van der Waals surface area contributed by atoms with Gasteiger partial charge >= 0.3 is 0 Å². The molecule has 0 saturated heterocycles. The minimum Gasteiger partial charge on any atom is -0.320 e. The summed E-state index contributed by atoms with van der Waals surface area (Å²) in [6.07, 6.45) is 3.97. The van der Waals surface area contributed by atoms with Crippen LogP contribution in [0.1, 0.15) is 19.3 Å². The topological polar surface area (TPSA) is 18.5 Å². The van der Waals surface area contributed by atoms with Crippen LogP contribution >= 0.6 is 0 Å². The summed E-state index contributed by atoms with van der Waals surface area (Å²) in [6, 6.07) is 0. The Bertz CT molecular complexity index is 115.